The predicted octanol–water partition coefficient (Wildman–Crippen LogP) is 3.48. The number of hydrogen-bond donors (Lipinski definition) is 1. The summed E-state index contributed by atoms with van der Waals surface area (Å²) in [5.41, 5.74) is 2.24. The van der Waals surface area contributed by atoms with Gasteiger partial charge in [-0.1, -0.05) is 0 Å². The van der Waals surface area contributed by atoms with E-state index in [9.17, 15) is 4.79 Å². The van der Waals surface area contributed by atoms with Crippen LogP contribution in [0.3, 0.4) is 0 Å². The first-order chi connectivity index (χ1) is 10.0. The SMILES string of the molecule is CC(C)N(CCNC(=O)c1csc2c1CCCC2)C(C)C. The Morgan fingerprint density at radius 1 is 1.24 bits per heavy atom. The number of hydrogen-bond acceptors (Lipinski definition) is 3. The average molecular weight is 308 g/mol. The molecule has 1 aliphatic rings. The summed E-state index contributed by atoms with van der Waals surface area (Å²) in [5, 5.41) is 5.15. The van der Waals surface area contributed by atoms with Crippen LogP contribution in [0.4, 0.5) is 0 Å². The van der Waals surface area contributed by atoms with E-state index in [4.69, 9.17) is 0 Å². The van der Waals surface area contributed by atoms with Crippen molar-refractivity contribution in [2.45, 2.75) is 65.5 Å². The number of amides is 1. The smallest absolute Gasteiger partial charge is 0.252 e. The summed E-state index contributed by atoms with van der Waals surface area (Å²) in [5.74, 6) is 0.113. The molecule has 1 heterocycles. The summed E-state index contributed by atoms with van der Waals surface area (Å²) >= 11 is 1.76. The lowest BCUT2D eigenvalue weighted by atomic mass is 9.96. The molecule has 1 N–H and O–H groups in total. The summed E-state index contributed by atoms with van der Waals surface area (Å²) in [6, 6.07) is 1.02. The Bertz CT molecular complexity index is 471. The fourth-order valence-electron chi connectivity index (χ4n) is 3.19. The number of carbonyl (C=O) groups excluding carboxylic acids is 1. The molecular formula is C17H28N2OS. The molecule has 118 valence electrons. The highest BCUT2D eigenvalue weighted by molar-refractivity contribution is 7.10. The van der Waals surface area contributed by atoms with Crippen LogP contribution in [0.1, 0.15) is 61.3 Å². The molecular weight excluding hydrogens is 280 g/mol. The van der Waals surface area contributed by atoms with E-state index < -0.39 is 0 Å². The van der Waals surface area contributed by atoms with Gasteiger partial charge in [0.25, 0.3) is 5.91 Å². The van der Waals surface area contributed by atoms with Gasteiger partial charge in [-0.05, 0) is 58.9 Å². The van der Waals surface area contributed by atoms with Crippen molar-refractivity contribution >= 4 is 17.2 Å². The van der Waals surface area contributed by atoms with Crippen LogP contribution < -0.4 is 5.32 Å². The largest absolute Gasteiger partial charge is 0.351 e. The van der Waals surface area contributed by atoms with Gasteiger partial charge in [0.2, 0.25) is 0 Å². The van der Waals surface area contributed by atoms with Gasteiger partial charge in [-0.25, -0.2) is 0 Å². The van der Waals surface area contributed by atoms with Crippen molar-refractivity contribution in [2.75, 3.05) is 13.1 Å². The third kappa shape index (κ3) is 4.07. The summed E-state index contributed by atoms with van der Waals surface area (Å²) in [6.45, 7) is 10.5. The summed E-state index contributed by atoms with van der Waals surface area (Å²) < 4.78 is 0. The second-order valence-electron chi connectivity index (χ2n) is 6.44. The van der Waals surface area contributed by atoms with Crippen LogP contribution in [-0.2, 0) is 12.8 Å². The minimum Gasteiger partial charge on any atom is -0.351 e. The van der Waals surface area contributed by atoms with Crippen LogP contribution in [0.2, 0.25) is 0 Å². The molecule has 1 aromatic rings. The van der Waals surface area contributed by atoms with Crippen molar-refractivity contribution in [2.24, 2.45) is 0 Å². The highest BCUT2D eigenvalue weighted by Gasteiger charge is 2.20. The van der Waals surface area contributed by atoms with Gasteiger partial charge >= 0.3 is 0 Å². The molecule has 0 spiro atoms. The van der Waals surface area contributed by atoms with Gasteiger partial charge in [0, 0.05) is 35.4 Å². The Hall–Kier alpha value is -0.870. The minimum absolute atomic E-state index is 0.113. The molecule has 0 saturated carbocycles. The van der Waals surface area contributed by atoms with E-state index in [0.29, 0.717) is 12.1 Å². The molecule has 4 heteroatoms. The predicted molar refractivity (Wildman–Crippen MR) is 90.3 cm³/mol. The number of thiophene rings is 1. The Kier molecular flexibility index (Phi) is 5.82. The molecule has 0 atom stereocenters. The second-order valence-corrected chi connectivity index (χ2v) is 7.40. The van der Waals surface area contributed by atoms with Crippen molar-refractivity contribution in [3.63, 3.8) is 0 Å². The van der Waals surface area contributed by atoms with Crippen LogP contribution in [0, 0.1) is 0 Å². The first kappa shape index (κ1) is 16.5. The maximum atomic E-state index is 12.4. The molecule has 0 saturated heterocycles. The first-order valence-electron chi connectivity index (χ1n) is 8.14. The van der Waals surface area contributed by atoms with Crippen molar-refractivity contribution in [1.29, 1.82) is 0 Å². The maximum Gasteiger partial charge on any atom is 0.252 e. The Labute approximate surface area is 132 Å². The summed E-state index contributed by atoms with van der Waals surface area (Å²) in [4.78, 5) is 16.2. The topological polar surface area (TPSA) is 32.3 Å². The quantitative estimate of drug-likeness (QED) is 0.872. The van der Waals surface area contributed by atoms with E-state index in [1.165, 1.54) is 23.3 Å². The van der Waals surface area contributed by atoms with Gasteiger partial charge in [0.1, 0.15) is 0 Å². The zero-order valence-corrected chi connectivity index (χ0v) is 14.6. The van der Waals surface area contributed by atoms with Gasteiger partial charge < -0.3 is 5.32 Å². The Balaban J connectivity index is 1.89. The van der Waals surface area contributed by atoms with Crippen LogP contribution >= 0.6 is 11.3 Å². The van der Waals surface area contributed by atoms with E-state index in [1.807, 2.05) is 5.38 Å². The van der Waals surface area contributed by atoms with E-state index in [-0.39, 0.29) is 5.91 Å². The lowest BCUT2D eigenvalue weighted by Crippen LogP contribution is -2.42. The highest BCUT2D eigenvalue weighted by atomic mass is 32.1. The number of aryl methyl sites for hydroxylation is 1. The van der Waals surface area contributed by atoms with E-state index in [1.54, 1.807) is 11.3 Å². The van der Waals surface area contributed by atoms with Crippen molar-refractivity contribution < 1.29 is 4.79 Å². The van der Waals surface area contributed by atoms with E-state index in [0.717, 1.165) is 31.5 Å². The molecule has 3 nitrogen and oxygen atoms in total. The summed E-state index contributed by atoms with van der Waals surface area (Å²) in [7, 11) is 0. The van der Waals surface area contributed by atoms with Crippen LogP contribution in [0.5, 0.6) is 0 Å². The Morgan fingerprint density at radius 2 is 1.90 bits per heavy atom. The highest BCUT2D eigenvalue weighted by Crippen LogP contribution is 2.30. The minimum atomic E-state index is 0.113. The standard InChI is InChI=1S/C17H28N2OS/c1-12(2)19(13(3)4)10-9-18-17(20)15-11-21-16-8-6-5-7-14(15)16/h11-13H,5-10H2,1-4H3,(H,18,20). The molecule has 1 amide bonds. The molecule has 2 rings (SSSR count). The molecule has 0 radical (unpaired) electrons. The number of carbonyl (C=O) groups is 1. The summed E-state index contributed by atoms with van der Waals surface area (Å²) in [6.07, 6.45) is 4.72. The number of nitrogens with one attached hydrogen (secondary N) is 1. The lowest BCUT2D eigenvalue weighted by Gasteiger charge is -2.30. The molecule has 21 heavy (non-hydrogen) atoms. The first-order valence-corrected chi connectivity index (χ1v) is 9.01. The average Bonchev–Trinajstić information content (AvgIpc) is 2.86. The van der Waals surface area contributed by atoms with Gasteiger partial charge in [0.05, 0.1) is 5.56 Å². The molecule has 1 aliphatic carbocycles. The number of fused-ring (bicyclic) bond motifs is 1. The van der Waals surface area contributed by atoms with Gasteiger partial charge in [-0.2, -0.15) is 0 Å². The third-order valence-electron chi connectivity index (χ3n) is 4.29. The van der Waals surface area contributed by atoms with Crippen LogP contribution in [0.25, 0.3) is 0 Å². The molecule has 0 aliphatic heterocycles. The van der Waals surface area contributed by atoms with E-state index in [2.05, 4.69) is 37.9 Å². The van der Waals surface area contributed by atoms with Crippen molar-refractivity contribution in [1.82, 2.24) is 10.2 Å². The monoisotopic (exact) mass is 308 g/mol. The number of nitrogens with zero attached hydrogens (tertiary/aromatic N) is 1. The molecule has 0 fully saturated rings. The molecule has 1 aromatic heterocycles. The van der Waals surface area contributed by atoms with Crippen LogP contribution in [0.15, 0.2) is 5.38 Å². The van der Waals surface area contributed by atoms with Crippen LogP contribution in [-0.4, -0.2) is 36.0 Å². The lowest BCUT2D eigenvalue weighted by molar-refractivity contribution is 0.0938. The van der Waals surface area contributed by atoms with Crippen molar-refractivity contribution in [3.05, 3.63) is 21.4 Å². The fraction of sp³-hybridized carbons (Fsp3) is 0.706. The van der Waals surface area contributed by atoms with E-state index >= 15 is 0 Å². The van der Waals surface area contributed by atoms with Crippen molar-refractivity contribution in [3.8, 4) is 0 Å². The maximum absolute atomic E-state index is 12.4. The number of rotatable bonds is 6. The fourth-order valence-corrected chi connectivity index (χ4v) is 4.32. The second kappa shape index (κ2) is 7.41. The molecule has 0 aromatic carbocycles. The molecule has 0 unspecified atom stereocenters. The normalized spacial score (nSPS) is 14.8. The third-order valence-corrected chi connectivity index (χ3v) is 5.38. The van der Waals surface area contributed by atoms with Gasteiger partial charge in [-0.3, -0.25) is 9.69 Å². The zero-order valence-electron chi connectivity index (χ0n) is 13.7. The zero-order chi connectivity index (χ0) is 15.4. The van der Waals surface area contributed by atoms with Gasteiger partial charge in [0.15, 0.2) is 0 Å². The van der Waals surface area contributed by atoms with Gasteiger partial charge in [-0.15, -0.1) is 11.3 Å². The molecule has 0 bridgehead atoms. The Morgan fingerprint density at radius 3 is 2.57 bits per heavy atom.